The summed E-state index contributed by atoms with van der Waals surface area (Å²) in [6.07, 6.45) is 7.39. The Labute approximate surface area is 97.0 Å². The first-order valence-electron chi connectivity index (χ1n) is 5.98. The monoisotopic (exact) mass is 217 g/mol. The topological polar surface area (TPSA) is 37.8 Å². The lowest BCUT2D eigenvalue weighted by Gasteiger charge is -2.07. The molecule has 1 aromatic heterocycles. The van der Waals surface area contributed by atoms with Crippen LogP contribution in [0, 0.1) is 13.8 Å². The molecule has 0 spiro atoms. The fourth-order valence-corrected chi connectivity index (χ4v) is 2.12. The Morgan fingerprint density at radius 1 is 1.31 bits per heavy atom. The number of rotatable bonds is 4. The van der Waals surface area contributed by atoms with E-state index >= 15 is 0 Å². The van der Waals surface area contributed by atoms with E-state index in [-0.39, 0.29) is 0 Å². The van der Waals surface area contributed by atoms with Gasteiger partial charge in [-0.25, -0.2) is 9.97 Å². The maximum Gasteiger partial charge on any atom is 0.129 e. The average molecular weight is 217 g/mol. The van der Waals surface area contributed by atoms with E-state index in [0.29, 0.717) is 0 Å². The minimum Gasteiger partial charge on any atom is -0.370 e. The molecule has 16 heavy (non-hydrogen) atoms. The lowest BCUT2D eigenvalue weighted by atomic mass is 10.2. The van der Waals surface area contributed by atoms with Crippen LogP contribution in [-0.2, 0) is 0 Å². The highest BCUT2D eigenvalue weighted by atomic mass is 15.0. The number of aromatic nitrogens is 2. The van der Waals surface area contributed by atoms with Gasteiger partial charge in [-0.15, -0.1) is 0 Å². The highest BCUT2D eigenvalue weighted by molar-refractivity contribution is 5.35. The summed E-state index contributed by atoms with van der Waals surface area (Å²) in [5.74, 6) is 1.78. The third-order valence-corrected chi connectivity index (χ3v) is 2.85. The van der Waals surface area contributed by atoms with Crippen LogP contribution < -0.4 is 5.32 Å². The van der Waals surface area contributed by atoms with Crippen molar-refractivity contribution in [3.05, 3.63) is 29.2 Å². The second-order valence-corrected chi connectivity index (χ2v) is 4.37. The molecule has 1 aromatic rings. The normalized spacial score (nSPS) is 15.0. The first-order valence-corrected chi connectivity index (χ1v) is 5.98. The van der Waals surface area contributed by atoms with Crippen LogP contribution in [0.4, 0.5) is 5.82 Å². The number of anilines is 1. The Balaban J connectivity index is 1.84. The molecule has 0 aliphatic heterocycles. The van der Waals surface area contributed by atoms with Gasteiger partial charge in [-0.05, 0) is 39.5 Å². The van der Waals surface area contributed by atoms with Gasteiger partial charge in [0, 0.05) is 18.3 Å². The van der Waals surface area contributed by atoms with Crippen molar-refractivity contribution in [2.45, 2.75) is 39.5 Å². The van der Waals surface area contributed by atoms with Crippen LogP contribution in [-0.4, -0.2) is 16.5 Å². The van der Waals surface area contributed by atoms with Crippen molar-refractivity contribution in [2.75, 3.05) is 11.9 Å². The van der Waals surface area contributed by atoms with Gasteiger partial charge >= 0.3 is 0 Å². The second kappa shape index (κ2) is 5.10. The molecule has 1 N–H and O–H groups in total. The first kappa shape index (κ1) is 11.1. The van der Waals surface area contributed by atoms with Crippen molar-refractivity contribution in [1.82, 2.24) is 9.97 Å². The van der Waals surface area contributed by atoms with E-state index in [2.05, 4.69) is 21.4 Å². The summed E-state index contributed by atoms with van der Waals surface area (Å²) in [7, 11) is 0. The number of hydrogen-bond acceptors (Lipinski definition) is 3. The molecule has 0 saturated carbocycles. The maximum absolute atomic E-state index is 4.36. The highest BCUT2D eigenvalue weighted by Gasteiger charge is 2.04. The van der Waals surface area contributed by atoms with Crippen LogP contribution in [0.15, 0.2) is 17.7 Å². The minimum atomic E-state index is 0.836. The SMILES string of the molecule is Cc1cc(NCCC2=CCCC2)nc(C)n1. The summed E-state index contributed by atoms with van der Waals surface area (Å²) in [6, 6.07) is 2.00. The Morgan fingerprint density at radius 2 is 2.19 bits per heavy atom. The van der Waals surface area contributed by atoms with Gasteiger partial charge in [0.2, 0.25) is 0 Å². The van der Waals surface area contributed by atoms with Crippen LogP contribution >= 0.6 is 0 Å². The number of aryl methyl sites for hydroxylation is 2. The maximum atomic E-state index is 4.36. The van der Waals surface area contributed by atoms with Crippen molar-refractivity contribution < 1.29 is 0 Å². The molecule has 2 rings (SSSR count). The van der Waals surface area contributed by atoms with Crippen LogP contribution in [0.5, 0.6) is 0 Å². The molecular weight excluding hydrogens is 198 g/mol. The summed E-state index contributed by atoms with van der Waals surface area (Å²) in [6.45, 7) is 4.90. The zero-order chi connectivity index (χ0) is 11.4. The van der Waals surface area contributed by atoms with Gasteiger partial charge in [0.15, 0.2) is 0 Å². The Bertz CT molecular complexity index is 376. The number of hydrogen-bond donors (Lipinski definition) is 1. The van der Waals surface area contributed by atoms with Crippen LogP contribution in [0.3, 0.4) is 0 Å². The smallest absolute Gasteiger partial charge is 0.129 e. The molecule has 0 amide bonds. The number of nitrogens with one attached hydrogen (secondary N) is 1. The van der Waals surface area contributed by atoms with E-state index in [9.17, 15) is 0 Å². The number of allylic oxidation sites excluding steroid dienone is 1. The number of nitrogens with zero attached hydrogens (tertiary/aromatic N) is 2. The summed E-state index contributed by atoms with van der Waals surface area (Å²) in [4.78, 5) is 8.61. The van der Waals surface area contributed by atoms with Crippen molar-refractivity contribution in [2.24, 2.45) is 0 Å². The molecule has 86 valence electrons. The van der Waals surface area contributed by atoms with E-state index in [4.69, 9.17) is 0 Å². The molecule has 0 unspecified atom stereocenters. The Morgan fingerprint density at radius 3 is 2.88 bits per heavy atom. The lowest BCUT2D eigenvalue weighted by Crippen LogP contribution is -2.06. The van der Waals surface area contributed by atoms with Gasteiger partial charge in [0.1, 0.15) is 11.6 Å². The van der Waals surface area contributed by atoms with Crippen molar-refractivity contribution >= 4 is 5.82 Å². The van der Waals surface area contributed by atoms with Crippen molar-refractivity contribution in [3.63, 3.8) is 0 Å². The van der Waals surface area contributed by atoms with Gasteiger partial charge in [-0.2, -0.15) is 0 Å². The van der Waals surface area contributed by atoms with E-state index in [1.165, 1.54) is 19.3 Å². The van der Waals surface area contributed by atoms with Gasteiger partial charge in [0.05, 0.1) is 0 Å². The summed E-state index contributed by atoms with van der Waals surface area (Å²) >= 11 is 0. The van der Waals surface area contributed by atoms with E-state index in [0.717, 1.165) is 30.3 Å². The molecule has 0 bridgehead atoms. The van der Waals surface area contributed by atoms with E-state index in [1.54, 1.807) is 5.57 Å². The quantitative estimate of drug-likeness (QED) is 0.788. The van der Waals surface area contributed by atoms with Gasteiger partial charge in [0.25, 0.3) is 0 Å². The molecule has 1 aliphatic carbocycles. The fourth-order valence-electron chi connectivity index (χ4n) is 2.12. The largest absolute Gasteiger partial charge is 0.370 e. The molecule has 0 radical (unpaired) electrons. The summed E-state index contributed by atoms with van der Waals surface area (Å²) < 4.78 is 0. The Kier molecular flexibility index (Phi) is 3.54. The fraction of sp³-hybridized carbons (Fsp3) is 0.538. The second-order valence-electron chi connectivity index (χ2n) is 4.37. The van der Waals surface area contributed by atoms with E-state index in [1.807, 2.05) is 19.9 Å². The van der Waals surface area contributed by atoms with Crippen LogP contribution in [0.1, 0.15) is 37.2 Å². The third kappa shape index (κ3) is 3.05. The van der Waals surface area contributed by atoms with Gasteiger partial charge in [-0.1, -0.05) is 11.6 Å². The average Bonchev–Trinajstić information content (AvgIpc) is 2.69. The zero-order valence-electron chi connectivity index (χ0n) is 10.1. The molecule has 3 heteroatoms. The highest BCUT2D eigenvalue weighted by Crippen LogP contribution is 2.20. The predicted octanol–water partition coefficient (Wildman–Crippen LogP) is 3.01. The molecule has 0 aromatic carbocycles. The molecule has 1 aliphatic rings. The van der Waals surface area contributed by atoms with Crippen LogP contribution in [0.2, 0.25) is 0 Å². The van der Waals surface area contributed by atoms with Crippen LogP contribution in [0.25, 0.3) is 0 Å². The molecule has 0 atom stereocenters. The van der Waals surface area contributed by atoms with Crippen molar-refractivity contribution in [3.8, 4) is 0 Å². The molecule has 0 fully saturated rings. The van der Waals surface area contributed by atoms with Gasteiger partial charge in [-0.3, -0.25) is 0 Å². The van der Waals surface area contributed by atoms with Gasteiger partial charge < -0.3 is 5.32 Å². The first-order chi connectivity index (χ1) is 7.74. The molecule has 3 nitrogen and oxygen atoms in total. The zero-order valence-corrected chi connectivity index (χ0v) is 10.1. The lowest BCUT2D eigenvalue weighted by molar-refractivity contribution is 0.860. The molecule has 0 saturated heterocycles. The summed E-state index contributed by atoms with van der Waals surface area (Å²) in [5.41, 5.74) is 2.62. The predicted molar refractivity (Wildman–Crippen MR) is 66.5 cm³/mol. The molecule has 1 heterocycles. The molecular formula is C13H19N3. The minimum absolute atomic E-state index is 0.836. The van der Waals surface area contributed by atoms with E-state index < -0.39 is 0 Å². The van der Waals surface area contributed by atoms with Crippen molar-refractivity contribution in [1.29, 1.82) is 0 Å². The standard InChI is InChI=1S/C13H19N3/c1-10-9-13(16-11(2)15-10)14-8-7-12-5-3-4-6-12/h5,9H,3-4,6-8H2,1-2H3,(H,14,15,16). The third-order valence-electron chi connectivity index (χ3n) is 2.85. The Hall–Kier alpha value is -1.38. The summed E-state index contributed by atoms with van der Waals surface area (Å²) in [5, 5.41) is 3.36.